The zero-order valence-electron chi connectivity index (χ0n) is 12.2. The summed E-state index contributed by atoms with van der Waals surface area (Å²) in [5, 5.41) is 4.68. The molecule has 0 saturated carbocycles. The molecule has 3 rings (SSSR count). The van der Waals surface area contributed by atoms with Crippen LogP contribution in [0.1, 0.15) is 5.56 Å². The normalized spacial score (nSPS) is 10.4. The summed E-state index contributed by atoms with van der Waals surface area (Å²) < 4.78 is 1.29. The van der Waals surface area contributed by atoms with Gasteiger partial charge in [0, 0.05) is 25.0 Å². The van der Waals surface area contributed by atoms with Crippen molar-refractivity contribution in [1.29, 1.82) is 0 Å². The van der Waals surface area contributed by atoms with Crippen LogP contribution >= 0.6 is 11.3 Å². The van der Waals surface area contributed by atoms with Crippen molar-refractivity contribution in [3.8, 4) is 10.6 Å². The third-order valence-corrected chi connectivity index (χ3v) is 4.07. The minimum absolute atomic E-state index is 0.0587. The van der Waals surface area contributed by atoms with Crippen molar-refractivity contribution in [2.45, 2.75) is 13.1 Å². The molecule has 0 unspecified atom stereocenters. The minimum Gasteiger partial charge on any atom is -0.350 e. The van der Waals surface area contributed by atoms with E-state index in [0.29, 0.717) is 12.2 Å². The summed E-state index contributed by atoms with van der Waals surface area (Å²) in [6, 6.07) is 8.92. The maximum atomic E-state index is 12.1. The first-order chi connectivity index (χ1) is 11.2. The van der Waals surface area contributed by atoms with E-state index in [0.717, 1.165) is 10.4 Å². The van der Waals surface area contributed by atoms with Crippen molar-refractivity contribution in [2.24, 2.45) is 0 Å². The fourth-order valence-electron chi connectivity index (χ4n) is 2.02. The monoisotopic (exact) mass is 326 g/mol. The van der Waals surface area contributed by atoms with Crippen molar-refractivity contribution >= 4 is 17.2 Å². The topological polar surface area (TPSA) is 76.9 Å². The van der Waals surface area contributed by atoms with Gasteiger partial charge in [0.05, 0.1) is 16.9 Å². The van der Waals surface area contributed by atoms with Crippen LogP contribution < -0.4 is 10.9 Å². The first-order valence-corrected chi connectivity index (χ1v) is 7.86. The summed E-state index contributed by atoms with van der Waals surface area (Å²) in [5.74, 6) is -0.248. The summed E-state index contributed by atoms with van der Waals surface area (Å²) >= 11 is 1.51. The van der Waals surface area contributed by atoms with E-state index in [4.69, 9.17) is 0 Å². The molecule has 23 heavy (non-hydrogen) atoms. The molecule has 3 heterocycles. The Kier molecular flexibility index (Phi) is 4.58. The van der Waals surface area contributed by atoms with Gasteiger partial charge in [0.1, 0.15) is 6.54 Å². The molecule has 3 aromatic rings. The van der Waals surface area contributed by atoms with E-state index < -0.39 is 0 Å². The largest absolute Gasteiger partial charge is 0.350 e. The van der Waals surface area contributed by atoms with Gasteiger partial charge in [-0.1, -0.05) is 12.1 Å². The van der Waals surface area contributed by atoms with E-state index in [9.17, 15) is 9.59 Å². The van der Waals surface area contributed by atoms with Crippen LogP contribution in [0.15, 0.2) is 59.2 Å². The summed E-state index contributed by atoms with van der Waals surface area (Å²) in [4.78, 5) is 33.2. The van der Waals surface area contributed by atoms with Crippen LogP contribution in [0.25, 0.3) is 10.6 Å². The third kappa shape index (κ3) is 3.89. The van der Waals surface area contributed by atoms with Crippen molar-refractivity contribution in [2.75, 3.05) is 0 Å². The highest BCUT2D eigenvalue weighted by molar-refractivity contribution is 7.13. The van der Waals surface area contributed by atoms with E-state index in [2.05, 4.69) is 15.3 Å². The number of rotatable bonds is 5. The Morgan fingerprint density at radius 1 is 1.30 bits per heavy atom. The van der Waals surface area contributed by atoms with Crippen molar-refractivity contribution in [3.05, 3.63) is 70.4 Å². The lowest BCUT2D eigenvalue weighted by Crippen LogP contribution is -2.31. The van der Waals surface area contributed by atoms with Gasteiger partial charge in [-0.2, -0.15) is 0 Å². The van der Waals surface area contributed by atoms with Gasteiger partial charge in [0.2, 0.25) is 5.91 Å². The highest BCUT2D eigenvalue weighted by atomic mass is 32.1. The summed E-state index contributed by atoms with van der Waals surface area (Å²) in [5.41, 5.74) is 1.27. The number of hydrogen-bond acceptors (Lipinski definition) is 5. The van der Waals surface area contributed by atoms with E-state index >= 15 is 0 Å². The van der Waals surface area contributed by atoms with Crippen LogP contribution in [0.4, 0.5) is 0 Å². The molecule has 0 spiro atoms. The second-order valence-corrected chi connectivity index (χ2v) is 5.80. The maximum absolute atomic E-state index is 12.1. The molecular weight excluding hydrogens is 312 g/mol. The first kappa shape index (κ1) is 15.1. The number of aromatic nitrogens is 3. The maximum Gasteiger partial charge on any atom is 0.254 e. The van der Waals surface area contributed by atoms with Gasteiger partial charge in [0.15, 0.2) is 0 Å². The third-order valence-electron chi connectivity index (χ3n) is 3.18. The Hall–Kier alpha value is -2.80. The summed E-state index contributed by atoms with van der Waals surface area (Å²) in [7, 11) is 0. The zero-order chi connectivity index (χ0) is 16.1. The van der Waals surface area contributed by atoms with Crippen molar-refractivity contribution in [1.82, 2.24) is 19.9 Å². The quantitative estimate of drug-likeness (QED) is 0.774. The molecule has 0 atom stereocenters. The first-order valence-electron chi connectivity index (χ1n) is 6.98. The number of carbonyl (C=O) groups is 1. The molecule has 0 bridgehead atoms. The summed E-state index contributed by atoms with van der Waals surface area (Å²) in [6.45, 7) is 0.318. The molecule has 0 aliphatic carbocycles. The fraction of sp³-hybridized carbons (Fsp3) is 0.125. The standard InChI is InChI=1S/C16H14N4O2S/c21-15(18-9-12-3-1-5-17-8-12)10-20-11-19-13(7-16(20)22)14-4-2-6-23-14/h1-8,11H,9-10H2,(H,18,21). The molecule has 3 aromatic heterocycles. The highest BCUT2D eigenvalue weighted by Gasteiger charge is 2.07. The Balaban J connectivity index is 1.63. The van der Waals surface area contributed by atoms with Crippen LogP contribution in [0.5, 0.6) is 0 Å². The predicted molar refractivity (Wildman–Crippen MR) is 87.9 cm³/mol. The van der Waals surface area contributed by atoms with Gasteiger partial charge in [-0.15, -0.1) is 11.3 Å². The second-order valence-electron chi connectivity index (χ2n) is 4.86. The number of nitrogens with zero attached hydrogens (tertiary/aromatic N) is 3. The number of amides is 1. The average Bonchev–Trinajstić information content (AvgIpc) is 3.10. The fourth-order valence-corrected chi connectivity index (χ4v) is 2.71. The molecule has 0 fully saturated rings. The van der Waals surface area contributed by atoms with Gasteiger partial charge in [-0.25, -0.2) is 4.98 Å². The number of pyridine rings is 1. The molecule has 0 saturated heterocycles. The molecule has 6 nitrogen and oxygen atoms in total. The smallest absolute Gasteiger partial charge is 0.254 e. The van der Waals surface area contributed by atoms with Crippen LogP contribution in [-0.2, 0) is 17.9 Å². The van der Waals surface area contributed by atoms with E-state index in [1.54, 1.807) is 18.5 Å². The minimum atomic E-state index is -0.250. The molecule has 0 aliphatic rings. The van der Waals surface area contributed by atoms with Crippen LogP contribution in [0.2, 0.25) is 0 Å². The Morgan fingerprint density at radius 2 is 2.22 bits per heavy atom. The molecular formula is C16H14N4O2S. The van der Waals surface area contributed by atoms with Gasteiger partial charge >= 0.3 is 0 Å². The Morgan fingerprint density at radius 3 is 2.91 bits per heavy atom. The summed E-state index contributed by atoms with van der Waals surface area (Å²) in [6.07, 6.45) is 4.76. The molecule has 0 aromatic carbocycles. The predicted octanol–water partition coefficient (Wildman–Crippen LogP) is 1.68. The van der Waals surface area contributed by atoms with Gasteiger partial charge in [-0.3, -0.25) is 19.1 Å². The Bertz CT molecular complexity index is 844. The highest BCUT2D eigenvalue weighted by Crippen LogP contribution is 2.20. The van der Waals surface area contributed by atoms with Crippen LogP contribution in [0.3, 0.4) is 0 Å². The van der Waals surface area contributed by atoms with Crippen molar-refractivity contribution < 1.29 is 4.79 Å². The number of carbonyl (C=O) groups excluding carboxylic acids is 1. The SMILES string of the molecule is O=C(Cn1cnc(-c2cccs2)cc1=O)NCc1cccnc1. The molecule has 0 aliphatic heterocycles. The Labute approximate surface area is 136 Å². The van der Waals surface area contributed by atoms with E-state index in [1.807, 2.05) is 23.6 Å². The van der Waals surface area contributed by atoms with E-state index in [-0.39, 0.29) is 18.0 Å². The molecule has 116 valence electrons. The van der Waals surface area contributed by atoms with Crippen LogP contribution in [-0.4, -0.2) is 20.4 Å². The lowest BCUT2D eigenvalue weighted by atomic mass is 10.3. The van der Waals surface area contributed by atoms with E-state index in [1.165, 1.54) is 28.3 Å². The van der Waals surface area contributed by atoms with Gasteiger partial charge in [-0.05, 0) is 23.1 Å². The molecule has 1 N–H and O–H groups in total. The second kappa shape index (κ2) is 6.97. The van der Waals surface area contributed by atoms with Gasteiger partial charge in [0.25, 0.3) is 5.56 Å². The lowest BCUT2D eigenvalue weighted by molar-refractivity contribution is -0.121. The number of thiophene rings is 1. The zero-order valence-corrected chi connectivity index (χ0v) is 13.0. The van der Waals surface area contributed by atoms with Crippen molar-refractivity contribution in [3.63, 3.8) is 0 Å². The molecule has 7 heteroatoms. The number of nitrogens with one attached hydrogen (secondary N) is 1. The molecule has 0 radical (unpaired) electrons. The molecule has 1 amide bonds. The lowest BCUT2D eigenvalue weighted by Gasteiger charge is -2.07. The van der Waals surface area contributed by atoms with Gasteiger partial charge < -0.3 is 5.32 Å². The number of hydrogen-bond donors (Lipinski definition) is 1. The average molecular weight is 326 g/mol. The van der Waals surface area contributed by atoms with Crippen LogP contribution in [0, 0.1) is 0 Å².